The summed E-state index contributed by atoms with van der Waals surface area (Å²) in [6.07, 6.45) is 4.20. The zero-order chi connectivity index (χ0) is 18.0. The molecule has 1 N–H and O–H groups in total. The Balaban J connectivity index is 2.28. The summed E-state index contributed by atoms with van der Waals surface area (Å²) in [6, 6.07) is 8.59. The highest BCUT2D eigenvalue weighted by Gasteiger charge is 2.47. The van der Waals surface area contributed by atoms with Crippen LogP contribution in [-0.4, -0.2) is 24.4 Å². The number of benzene rings is 1. The zero-order valence-electron chi connectivity index (χ0n) is 15.5. The zero-order valence-corrected chi connectivity index (χ0v) is 16.3. The highest BCUT2D eigenvalue weighted by atomic mass is 32.2. The Morgan fingerprint density at radius 1 is 1.17 bits per heavy atom. The van der Waals surface area contributed by atoms with Gasteiger partial charge in [-0.2, -0.15) is 0 Å². The van der Waals surface area contributed by atoms with E-state index in [2.05, 4.69) is 20.8 Å². The van der Waals surface area contributed by atoms with Crippen molar-refractivity contribution in [2.24, 2.45) is 11.3 Å². The lowest BCUT2D eigenvalue weighted by Gasteiger charge is -2.44. The van der Waals surface area contributed by atoms with Gasteiger partial charge in [0.05, 0.1) is 15.7 Å². The van der Waals surface area contributed by atoms with E-state index < -0.39 is 20.7 Å². The van der Waals surface area contributed by atoms with Crippen LogP contribution >= 0.6 is 0 Å². The first kappa shape index (κ1) is 19.5. The normalized spacial score (nSPS) is 27.0. The van der Waals surface area contributed by atoms with E-state index in [1.165, 1.54) is 0 Å². The van der Waals surface area contributed by atoms with Crippen LogP contribution in [0.2, 0.25) is 0 Å². The van der Waals surface area contributed by atoms with E-state index in [9.17, 15) is 13.5 Å². The van der Waals surface area contributed by atoms with E-state index in [4.69, 9.17) is 0 Å². The van der Waals surface area contributed by atoms with E-state index in [0.717, 1.165) is 19.3 Å². The van der Waals surface area contributed by atoms with Gasteiger partial charge < -0.3 is 5.11 Å². The van der Waals surface area contributed by atoms with E-state index in [1.54, 1.807) is 24.3 Å². The van der Waals surface area contributed by atoms with Gasteiger partial charge in [0.1, 0.15) is 0 Å². The van der Waals surface area contributed by atoms with Crippen molar-refractivity contribution in [2.75, 3.05) is 0 Å². The summed E-state index contributed by atoms with van der Waals surface area (Å²) in [6.45, 7) is 8.67. The van der Waals surface area contributed by atoms with Gasteiger partial charge in [0.25, 0.3) is 0 Å². The van der Waals surface area contributed by atoms with Crippen molar-refractivity contribution >= 4 is 9.84 Å². The molecular formula is C20H32O3S. The lowest BCUT2D eigenvalue weighted by molar-refractivity contribution is -0.0295. The minimum atomic E-state index is -3.52. The van der Waals surface area contributed by atoms with Gasteiger partial charge in [0.2, 0.25) is 0 Å². The Bertz CT molecular complexity index is 621. The molecule has 0 amide bonds. The average molecular weight is 353 g/mol. The molecule has 0 saturated heterocycles. The molecule has 1 fully saturated rings. The monoisotopic (exact) mass is 352 g/mol. The number of rotatable bonds is 5. The lowest BCUT2D eigenvalue weighted by Crippen LogP contribution is -2.50. The Hall–Kier alpha value is -0.870. The highest BCUT2D eigenvalue weighted by Crippen LogP contribution is 2.45. The summed E-state index contributed by atoms with van der Waals surface area (Å²) in [5, 5.41) is 10.6. The number of aliphatic hydroxyl groups is 1. The molecule has 0 aliphatic heterocycles. The molecule has 0 radical (unpaired) electrons. The van der Waals surface area contributed by atoms with Crippen LogP contribution in [0.4, 0.5) is 0 Å². The van der Waals surface area contributed by atoms with Crippen LogP contribution in [-0.2, 0) is 9.84 Å². The number of hydrogen-bond acceptors (Lipinski definition) is 3. The van der Waals surface area contributed by atoms with Crippen LogP contribution in [0, 0.1) is 11.3 Å². The second-order valence-corrected chi connectivity index (χ2v) is 10.5. The molecule has 1 aromatic rings. The summed E-state index contributed by atoms with van der Waals surface area (Å²) in [5.41, 5.74) is -0.897. The van der Waals surface area contributed by atoms with Crippen molar-refractivity contribution in [2.45, 2.75) is 82.0 Å². The second-order valence-electron chi connectivity index (χ2n) is 8.38. The fourth-order valence-electron chi connectivity index (χ4n) is 4.05. The van der Waals surface area contributed by atoms with E-state index in [1.807, 2.05) is 13.0 Å². The summed E-state index contributed by atoms with van der Waals surface area (Å²) in [4.78, 5) is 0.329. The maximum atomic E-state index is 13.1. The summed E-state index contributed by atoms with van der Waals surface area (Å²) in [7, 11) is -3.52. The molecule has 1 aliphatic carbocycles. The Morgan fingerprint density at radius 3 is 2.17 bits per heavy atom. The van der Waals surface area contributed by atoms with Gasteiger partial charge in [-0.3, -0.25) is 0 Å². The molecule has 136 valence electrons. The Labute approximate surface area is 147 Å². The minimum Gasteiger partial charge on any atom is -0.389 e. The summed E-state index contributed by atoms with van der Waals surface area (Å²) >= 11 is 0. The van der Waals surface area contributed by atoms with Gasteiger partial charge in [-0.1, -0.05) is 52.3 Å². The van der Waals surface area contributed by atoms with Crippen LogP contribution in [0.25, 0.3) is 0 Å². The van der Waals surface area contributed by atoms with Crippen LogP contribution in [0.3, 0.4) is 0 Å². The van der Waals surface area contributed by atoms with Crippen molar-refractivity contribution in [1.29, 1.82) is 0 Å². The topological polar surface area (TPSA) is 54.4 Å². The maximum absolute atomic E-state index is 13.1. The summed E-state index contributed by atoms with van der Waals surface area (Å²) in [5.74, 6) is 0.541. The van der Waals surface area contributed by atoms with E-state index >= 15 is 0 Å². The maximum Gasteiger partial charge on any atom is 0.184 e. The molecule has 1 aliphatic rings. The first-order chi connectivity index (χ1) is 11.1. The molecule has 0 aromatic heterocycles. The molecule has 24 heavy (non-hydrogen) atoms. The third-order valence-electron chi connectivity index (χ3n) is 5.67. The standard InChI is InChI=1S/C20H32O3S/c1-5-9-18(24(22,23)17-10-7-6-8-11-17)20(21)14-12-16(13-15-20)19(2,3)4/h6-8,10-11,16,18,21H,5,9,12-15H2,1-4H3. The van der Waals surface area contributed by atoms with Crippen LogP contribution in [0.1, 0.15) is 66.2 Å². The molecule has 0 heterocycles. The SMILES string of the molecule is CCCC(C1(O)CCC(C(C)(C)C)CC1)S(=O)(=O)c1ccccc1. The Kier molecular flexibility index (Phi) is 5.81. The van der Waals surface area contributed by atoms with Crippen molar-refractivity contribution in [3.8, 4) is 0 Å². The predicted octanol–water partition coefficient (Wildman–Crippen LogP) is 4.60. The molecule has 0 spiro atoms. The Morgan fingerprint density at radius 2 is 1.71 bits per heavy atom. The first-order valence-corrected chi connectivity index (χ1v) is 10.7. The fourth-order valence-corrected chi connectivity index (χ4v) is 6.28. The van der Waals surface area contributed by atoms with E-state index in [0.29, 0.717) is 30.1 Å². The molecule has 1 unspecified atom stereocenters. The summed E-state index contributed by atoms with van der Waals surface area (Å²) < 4.78 is 26.3. The smallest absolute Gasteiger partial charge is 0.184 e. The number of hydrogen-bond donors (Lipinski definition) is 1. The fraction of sp³-hybridized carbons (Fsp3) is 0.700. The van der Waals surface area contributed by atoms with Crippen LogP contribution in [0.5, 0.6) is 0 Å². The van der Waals surface area contributed by atoms with Gasteiger partial charge in [-0.05, 0) is 55.6 Å². The van der Waals surface area contributed by atoms with Gasteiger partial charge in [-0.15, -0.1) is 0 Å². The van der Waals surface area contributed by atoms with Gasteiger partial charge in [-0.25, -0.2) is 8.42 Å². The van der Waals surface area contributed by atoms with Crippen LogP contribution in [0.15, 0.2) is 35.2 Å². The van der Waals surface area contributed by atoms with E-state index in [-0.39, 0.29) is 5.41 Å². The third-order valence-corrected chi connectivity index (χ3v) is 8.03. The number of sulfone groups is 1. The molecule has 1 saturated carbocycles. The molecule has 2 rings (SSSR count). The first-order valence-electron chi connectivity index (χ1n) is 9.12. The molecule has 1 aromatic carbocycles. The third kappa shape index (κ3) is 4.02. The minimum absolute atomic E-state index is 0.208. The molecule has 4 heteroatoms. The predicted molar refractivity (Wildman–Crippen MR) is 98.7 cm³/mol. The van der Waals surface area contributed by atoms with Crippen molar-refractivity contribution in [3.63, 3.8) is 0 Å². The van der Waals surface area contributed by atoms with Crippen LogP contribution < -0.4 is 0 Å². The largest absolute Gasteiger partial charge is 0.389 e. The molecule has 3 nitrogen and oxygen atoms in total. The average Bonchev–Trinajstić information content (AvgIpc) is 2.52. The quantitative estimate of drug-likeness (QED) is 0.843. The highest BCUT2D eigenvalue weighted by molar-refractivity contribution is 7.92. The molecular weight excluding hydrogens is 320 g/mol. The van der Waals surface area contributed by atoms with Gasteiger partial charge in [0.15, 0.2) is 9.84 Å². The van der Waals surface area contributed by atoms with Crippen molar-refractivity contribution in [1.82, 2.24) is 0 Å². The lowest BCUT2D eigenvalue weighted by atomic mass is 9.67. The van der Waals surface area contributed by atoms with Crippen molar-refractivity contribution < 1.29 is 13.5 Å². The van der Waals surface area contributed by atoms with Gasteiger partial charge in [0, 0.05) is 0 Å². The van der Waals surface area contributed by atoms with Gasteiger partial charge >= 0.3 is 0 Å². The van der Waals surface area contributed by atoms with Crippen molar-refractivity contribution in [3.05, 3.63) is 30.3 Å². The molecule has 1 atom stereocenters. The molecule has 0 bridgehead atoms. The second kappa shape index (κ2) is 7.17.